The molecule has 0 heterocycles. The van der Waals surface area contributed by atoms with Gasteiger partial charge in [-0.2, -0.15) is 0 Å². The second kappa shape index (κ2) is 5.66. The molecule has 19 heavy (non-hydrogen) atoms. The molecule has 7 heteroatoms. The Balaban J connectivity index is 2.77. The van der Waals surface area contributed by atoms with E-state index < -0.39 is 10.5 Å². The molecular weight excluding hydrogens is 250 g/mol. The van der Waals surface area contributed by atoms with Crippen molar-refractivity contribution >= 4 is 17.3 Å². The van der Waals surface area contributed by atoms with Gasteiger partial charge >= 0.3 is 0 Å². The zero-order valence-electron chi connectivity index (χ0n) is 10.8. The molecule has 104 valence electrons. The van der Waals surface area contributed by atoms with Crippen LogP contribution < -0.4 is 11.1 Å². The highest BCUT2D eigenvalue weighted by Crippen LogP contribution is 2.28. The van der Waals surface area contributed by atoms with Gasteiger partial charge in [0.2, 0.25) is 5.91 Å². The number of nitrogens with one attached hydrogen (secondary N) is 1. The number of carbonyl (C=O) groups excluding carboxylic acids is 1. The largest absolute Gasteiger partial charge is 0.508 e. The Hall–Kier alpha value is -2.15. The third kappa shape index (κ3) is 4.92. The maximum Gasteiger partial charge on any atom is 0.296 e. The summed E-state index contributed by atoms with van der Waals surface area (Å²) in [6.07, 6.45) is 0.631. The second-order valence-corrected chi connectivity index (χ2v) is 5.00. The summed E-state index contributed by atoms with van der Waals surface area (Å²) in [6, 6.07) is 3.55. The number of hydrogen-bond donors (Lipinski definition) is 3. The van der Waals surface area contributed by atoms with E-state index >= 15 is 0 Å². The summed E-state index contributed by atoms with van der Waals surface area (Å²) in [5.74, 6) is -0.583. The van der Waals surface area contributed by atoms with E-state index in [1.807, 2.05) is 0 Å². The van der Waals surface area contributed by atoms with Crippen LogP contribution in [0.3, 0.4) is 0 Å². The van der Waals surface area contributed by atoms with Crippen molar-refractivity contribution in [2.45, 2.75) is 32.2 Å². The molecule has 1 amide bonds. The van der Waals surface area contributed by atoms with E-state index in [1.165, 1.54) is 12.1 Å². The van der Waals surface area contributed by atoms with Gasteiger partial charge in [0.15, 0.2) is 0 Å². The number of benzene rings is 1. The molecule has 0 saturated carbocycles. The Morgan fingerprint density at radius 1 is 1.53 bits per heavy atom. The van der Waals surface area contributed by atoms with Gasteiger partial charge in [0.05, 0.1) is 11.0 Å². The molecule has 0 spiro atoms. The summed E-state index contributed by atoms with van der Waals surface area (Å²) in [7, 11) is 0. The van der Waals surface area contributed by atoms with E-state index in [0.29, 0.717) is 6.42 Å². The topological polar surface area (TPSA) is 118 Å². The molecular formula is C12H17N3O4. The van der Waals surface area contributed by atoms with Crippen molar-refractivity contribution in [3.05, 3.63) is 28.3 Å². The number of nitrogens with two attached hydrogens (primary N) is 1. The molecule has 0 aliphatic heterocycles. The van der Waals surface area contributed by atoms with E-state index in [0.717, 1.165) is 6.07 Å². The molecule has 0 bridgehead atoms. The highest BCUT2D eigenvalue weighted by molar-refractivity contribution is 5.93. The Morgan fingerprint density at radius 3 is 2.68 bits per heavy atom. The molecule has 0 saturated heterocycles. The average molecular weight is 267 g/mol. The zero-order valence-corrected chi connectivity index (χ0v) is 10.8. The fourth-order valence-electron chi connectivity index (χ4n) is 1.43. The number of hydrogen-bond acceptors (Lipinski definition) is 5. The van der Waals surface area contributed by atoms with Gasteiger partial charge in [0.1, 0.15) is 11.4 Å². The number of nitro benzene ring substituents is 1. The molecule has 1 rings (SSSR count). The highest BCUT2D eigenvalue weighted by Gasteiger charge is 2.18. The maximum atomic E-state index is 11.7. The first-order valence-corrected chi connectivity index (χ1v) is 5.75. The molecule has 7 nitrogen and oxygen atoms in total. The lowest BCUT2D eigenvalue weighted by Crippen LogP contribution is -2.33. The first-order valence-electron chi connectivity index (χ1n) is 5.75. The maximum absolute atomic E-state index is 11.7. The Kier molecular flexibility index (Phi) is 4.44. The third-order valence-electron chi connectivity index (χ3n) is 2.45. The molecule has 0 aliphatic rings. The number of amides is 1. The summed E-state index contributed by atoms with van der Waals surface area (Å²) in [5, 5.41) is 22.4. The van der Waals surface area contributed by atoms with Crippen LogP contribution in [0.2, 0.25) is 0 Å². The molecule has 1 aromatic rings. The van der Waals surface area contributed by atoms with Gasteiger partial charge in [0.25, 0.3) is 5.69 Å². The van der Waals surface area contributed by atoms with Crippen LogP contribution in [-0.4, -0.2) is 21.5 Å². The number of nitrogens with zero attached hydrogens (tertiary/aromatic N) is 1. The van der Waals surface area contributed by atoms with Gasteiger partial charge in [-0.3, -0.25) is 14.9 Å². The minimum Gasteiger partial charge on any atom is -0.508 e. The fourth-order valence-corrected chi connectivity index (χ4v) is 1.43. The van der Waals surface area contributed by atoms with Crippen LogP contribution in [-0.2, 0) is 4.79 Å². The number of rotatable bonds is 5. The summed E-state index contributed by atoms with van der Waals surface area (Å²) < 4.78 is 0. The van der Waals surface area contributed by atoms with Crippen molar-refractivity contribution < 1.29 is 14.8 Å². The van der Waals surface area contributed by atoms with Crippen LogP contribution in [0.1, 0.15) is 26.7 Å². The van der Waals surface area contributed by atoms with E-state index in [-0.39, 0.29) is 29.5 Å². The summed E-state index contributed by atoms with van der Waals surface area (Å²) in [5.41, 5.74) is 4.99. The van der Waals surface area contributed by atoms with Crippen molar-refractivity contribution in [3.8, 4) is 5.75 Å². The van der Waals surface area contributed by atoms with Crippen LogP contribution >= 0.6 is 0 Å². The number of phenols is 1. The van der Waals surface area contributed by atoms with Gasteiger partial charge in [-0.1, -0.05) is 0 Å². The number of carbonyl (C=O) groups is 1. The summed E-state index contributed by atoms with van der Waals surface area (Å²) in [6.45, 7) is 3.59. The van der Waals surface area contributed by atoms with Crippen molar-refractivity contribution in [1.29, 1.82) is 0 Å². The minimum absolute atomic E-state index is 0.0580. The van der Waals surface area contributed by atoms with Crippen molar-refractivity contribution in [3.63, 3.8) is 0 Å². The van der Waals surface area contributed by atoms with Crippen molar-refractivity contribution in [1.82, 2.24) is 0 Å². The molecule has 0 atom stereocenters. The lowest BCUT2D eigenvalue weighted by molar-refractivity contribution is -0.384. The number of nitro groups is 1. The van der Waals surface area contributed by atoms with Gasteiger partial charge in [-0.15, -0.1) is 0 Å². The minimum atomic E-state index is -0.664. The van der Waals surface area contributed by atoms with E-state index in [1.54, 1.807) is 13.8 Å². The van der Waals surface area contributed by atoms with Crippen molar-refractivity contribution in [2.24, 2.45) is 5.73 Å². The quantitative estimate of drug-likeness (QED) is 0.426. The van der Waals surface area contributed by atoms with E-state index in [9.17, 15) is 20.0 Å². The van der Waals surface area contributed by atoms with Crippen LogP contribution in [0.4, 0.5) is 11.4 Å². The molecule has 0 aliphatic carbocycles. The lowest BCUT2D eigenvalue weighted by Gasteiger charge is -2.17. The standard InChI is InChI=1S/C12H17N3O4/c1-12(2,13)6-5-11(17)14-9-4-3-8(16)7-10(9)15(18)19/h3-4,7,16H,5-6,13H2,1-2H3,(H,14,17). The molecule has 0 aromatic heterocycles. The molecule has 0 fully saturated rings. The molecule has 0 unspecified atom stereocenters. The molecule has 0 radical (unpaired) electrons. The van der Waals surface area contributed by atoms with E-state index in [2.05, 4.69) is 5.32 Å². The predicted octanol–water partition coefficient (Wildman–Crippen LogP) is 1.76. The second-order valence-electron chi connectivity index (χ2n) is 5.00. The summed E-state index contributed by atoms with van der Waals surface area (Å²) >= 11 is 0. The zero-order chi connectivity index (χ0) is 14.6. The monoisotopic (exact) mass is 267 g/mol. The number of anilines is 1. The predicted molar refractivity (Wildman–Crippen MR) is 70.9 cm³/mol. The van der Waals surface area contributed by atoms with Gasteiger partial charge in [-0.25, -0.2) is 0 Å². The van der Waals surface area contributed by atoms with Crippen LogP contribution in [0.15, 0.2) is 18.2 Å². The normalized spacial score (nSPS) is 11.1. The SMILES string of the molecule is CC(C)(N)CCC(=O)Nc1ccc(O)cc1[N+](=O)[O-]. The number of phenolic OH excluding ortho intramolecular Hbond substituents is 1. The van der Waals surface area contributed by atoms with Gasteiger partial charge in [-0.05, 0) is 32.4 Å². The average Bonchev–Trinajstić information content (AvgIpc) is 2.28. The van der Waals surface area contributed by atoms with Gasteiger partial charge < -0.3 is 16.2 Å². The highest BCUT2D eigenvalue weighted by atomic mass is 16.6. The molecule has 1 aromatic carbocycles. The van der Waals surface area contributed by atoms with Gasteiger partial charge in [0, 0.05) is 12.0 Å². The number of aromatic hydroxyl groups is 1. The fraction of sp³-hybridized carbons (Fsp3) is 0.417. The van der Waals surface area contributed by atoms with Crippen LogP contribution in [0, 0.1) is 10.1 Å². The van der Waals surface area contributed by atoms with Crippen LogP contribution in [0.25, 0.3) is 0 Å². The first kappa shape index (κ1) is 14.9. The Morgan fingerprint density at radius 2 is 2.16 bits per heavy atom. The van der Waals surface area contributed by atoms with Crippen LogP contribution in [0.5, 0.6) is 5.75 Å². The summed E-state index contributed by atoms with van der Waals surface area (Å²) in [4.78, 5) is 21.8. The van der Waals surface area contributed by atoms with E-state index in [4.69, 9.17) is 5.73 Å². The Labute approximate surface area is 110 Å². The van der Waals surface area contributed by atoms with Crippen molar-refractivity contribution in [2.75, 3.05) is 5.32 Å². The first-order chi connectivity index (χ1) is 8.69. The Bertz CT molecular complexity index is 494. The smallest absolute Gasteiger partial charge is 0.296 e. The third-order valence-corrected chi connectivity index (χ3v) is 2.45. The molecule has 4 N–H and O–H groups in total. The lowest BCUT2D eigenvalue weighted by atomic mass is 10.00.